The van der Waals surface area contributed by atoms with Gasteiger partial charge in [0.2, 0.25) is 5.91 Å². The summed E-state index contributed by atoms with van der Waals surface area (Å²) >= 11 is 6.01. The summed E-state index contributed by atoms with van der Waals surface area (Å²) in [6.07, 6.45) is 0.673. The number of carbonyl (C=O) groups is 2. The van der Waals surface area contributed by atoms with Crippen molar-refractivity contribution in [1.29, 1.82) is 0 Å². The highest BCUT2D eigenvalue weighted by molar-refractivity contribution is 6.32. The number of rotatable bonds is 8. The van der Waals surface area contributed by atoms with Crippen LogP contribution in [0.15, 0.2) is 59.7 Å². The van der Waals surface area contributed by atoms with Crippen molar-refractivity contribution in [3.05, 3.63) is 59.6 Å². The van der Waals surface area contributed by atoms with Gasteiger partial charge in [0.15, 0.2) is 0 Å². The zero-order valence-electron chi connectivity index (χ0n) is 15.6. The molecule has 0 radical (unpaired) electrons. The van der Waals surface area contributed by atoms with Crippen LogP contribution in [-0.2, 0) is 9.59 Å². The fourth-order valence-corrected chi connectivity index (χ4v) is 3.16. The minimum atomic E-state index is -0.370. The third-order valence-corrected chi connectivity index (χ3v) is 4.76. The summed E-state index contributed by atoms with van der Waals surface area (Å²) < 4.78 is 5.54. The molecule has 3 rings (SSSR count). The molecule has 2 amide bonds. The summed E-state index contributed by atoms with van der Waals surface area (Å²) in [5, 5.41) is 9.10. The molecule has 0 bridgehead atoms. The first kappa shape index (κ1) is 19.9. The molecule has 28 heavy (non-hydrogen) atoms. The summed E-state index contributed by atoms with van der Waals surface area (Å²) in [6, 6.07) is 16.5. The largest absolute Gasteiger partial charge is 0.490 e. The van der Waals surface area contributed by atoms with Crippen LogP contribution in [0.4, 0.5) is 5.69 Å². The van der Waals surface area contributed by atoms with E-state index in [9.17, 15) is 9.59 Å². The third kappa shape index (κ3) is 4.89. The number of carbonyl (C=O) groups excluding carboxylic acids is 2. The summed E-state index contributed by atoms with van der Waals surface area (Å²) in [7, 11) is 0. The average Bonchev–Trinajstić information content (AvgIpc) is 2.99. The lowest BCUT2D eigenvalue weighted by Gasteiger charge is -2.14. The van der Waals surface area contributed by atoms with E-state index >= 15 is 0 Å². The van der Waals surface area contributed by atoms with E-state index in [4.69, 9.17) is 16.3 Å². The number of hydrogen-bond acceptors (Lipinski definition) is 4. The molecular formula is C21H22ClN3O3. The maximum absolute atomic E-state index is 12.6. The van der Waals surface area contributed by atoms with Gasteiger partial charge in [0.25, 0.3) is 5.91 Å². The van der Waals surface area contributed by atoms with Gasteiger partial charge in [-0.05, 0) is 37.6 Å². The summed E-state index contributed by atoms with van der Waals surface area (Å²) in [4.78, 5) is 24.7. The molecule has 2 aromatic carbocycles. The maximum atomic E-state index is 12.6. The molecule has 0 aliphatic carbocycles. The zero-order chi connectivity index (χ0) is 19.9. The van der Waals surface area contributed by atoms with Crippen molar-refractivity contribution in [3.63, 3.8) is 0 Å². The van der Waals surface area contributed by atoms with E-state index in [1.807, 2.05) is 49.4 Å². The molecule has 0 saturated heterocycles. The van der Waals surface area contributed by atoms with Crippen molar-refractivity contribution in [1.82, 2.24) is 5.32 Å². The van der Waals surface area contributed by atoms with Crippen LogP contribution in [0.3, 0.4) is 0 Å². The predicted octanol–water partition coefficient (Wildman–Crippen LogP) is 3.65. The summed E-state index contributed by atoms with van der Waals surface area (Å²) in [5.74, 6) is -0.00629. The first-order chi connectivity index (χ1) is 13.6. The first-order valence-electron chi connectivity index (χ1n) is 9.14. The van der Waals surface area contributed by atoms with E-state index in [-0.39, 0.29) is 24.2 Å². The third-order valence-electron chi connectivity index (χ3n) is 4.45. The van der Waals surface area contributed by atoms with Crippen LogP contribution in [0.25, 0.3) is 0 Å². The van der Waals surface area contributed by atoms with Crippen molar-refractivity contribution in [2.75, 3.05) is 18.2 Å². The van der Waals surface area contributed by atoms with Gasteiger partial charge in [-0.3, -0.25) is 9.59 Å². The van der Waals surface area contributed by atoms with Crippen molar-refractivity contribution in [2.45, 2.75) is 19.8 Å². The SMILES string of the molecule is CC1=NN(c2ccccc2)C(=O)[C@H]1CCC(=O)NCCOc1ccccc1Cl. The highest BCUT2D eigenvalue weighted by Crippen LogP contribution is 2.26. The van der Waals surface area contributed by atoms with Gasteiger partial charge in [0.1, 0.15) is 12.4 Å². The minimum Gasteiger partial charge on any atom is -0.490 e. The van der Waals surface area contributed by atoms with E-state index in [1.165, 1.54) is 5.01 Å². The van der Waals surface area contributed by atoms with E-state index in [2.05, 4.69) is 10.4 Å². The number of nitrogens with one attached hydrogen (secondary N) is 1. The van der Waals surface area contributed by atoms with Crippen molar-refractivity contribution < 1.29 is 14.3 Å². The number of nitrogens with zero attached hydrogens (tertiary/aromatic N) is 2. The molecule has 6 nitrogen and oxygen atoms in total. The van der Waals surface area contributed by atoms with Gasteiger partial charge < -0.3 is 10.1 Å². The molecule has 1 heterocycles. The minimum absolute atomic E-state index is 0.0986. The quantitative estimate of drug-likeness (QED) is 0.688. The molecule has 1 atom stereocenters. The molecule has 0 aromatic heterocycles. The standard InChI is InChI=1S/C21H22ClN3O3/c1-15-17(21(27)25(24-15)16-7-3-2-4-8-16)11-12-20(26)23-13-14-28-19-10-6-5-9-18(19)22/h2-10,17H,11-14H2,1H3,(H,23,26)/t17-/m0/s1. The maximum Gasteiger partial charge on any atom is 0.256 e. The summed E-state index contributed by atoms with van der Waals surface area (Å²) in [5.41, 5.74) is 1.46. The molecule has 146 valence electrons. The van der Waals surface area contributed by atoms with Crippen LogP contribution >= 0.6 is 11.6 Å². The number of benzene rings is 2. The number of hydrazone groups is 1. The Labute approximate surface area is 169 Å². The Kier molecular flexibility index (Phi) is 6.66. The van der Waals surface area contributed by atoms with Crippen LogP contribution in [0.1, 0.15) is 19.8 Å². The highest BCUT2D eigenvalue weighted by Gasteiger charge is 2.34. The fourth-order valence-electron chi connectivity index (χ4n) is 2.97. The topological polar surface area (TPSA) is 71.0 Å². The Morgan fingerprint density at radius 1 is 1.18 bits per heavy atom. The molecular weight excluding hydrogens is 378 g/mol. The van der Waals surface area contributed by atoms with Crippen molar-refractivity contribution >= 4 is 34.8 Å². The Hall–Kier alpha value is -2.86. The number of para-hydroxylation sites is 2. The first-order valence-corrected chi connectivity index (χ1v) is 9.52. The van der Waals surface area contributed by atoms with E-state index in [1.54, 1.807) is 12.1 Å². The second-order valence-corrected chi connectivity index (χ2v) is 6.85. The lowest BCUT2D eigenvalue weighted by atomic mass is 9.98. The molecule has 7 heteroatoms. The predicted molar refractivity (Wildman–Crippen MR) is 110 cm³/mol. The van der Waals surface area contributed by atoms with Crippen molar-refractivity contribution in [3.8, 4) is 5.75 Å². The van der Waals surface area contributed by atoms with E-state index in [0.717, 1.165) is 11.4 Å². The van der Waals surface area contributed by atoms with Crippen LogP contribution in [0.2, 0.25) is 5.02 Å². The normalized spacial score (nSPS) is 16.1. The Bertz CT molecular complexity index is 870. The number of amides is 2. The van der Waals surface area contributed by atoms with Gasteiger partial charge in [-0.2, -0.15) is 5.10 Å². The smallest absolute Gasteiger partial charge is 0.256 e. The molecule has 1 N–H and O–H groups in total. The summed E-state index contributed by atoms with van der Waals surface area (Å²) in [6.45, 7) is 2.51. The molecule has 1 aliphatic heterocycles. The Morgan fingerprint density at radius 3 is 2.64 bits per heavy atom. The van der Waals surface area contributed by atoms with Crippen molar-refractivity contribution in [2.24, 2.45) is 11.0 Å². The molecule has 1 aliphatic rings. The molecule has 0 spiro atoms. The van der Waals surface area contributed by atoms with Crippen LogP contribution in [0.5, 0.6) is 5.75 Å². The van der Waals surface area contributed by atoms with Gasteiger partial charge in [0.05, 0.1) is 23.2 Å². The van der Waals surface area contributed by atoms with Gasteiger partial charge in [0, 0.05) is 12.1 Å². The van der Waals surface area contributed by atoms with E-state index in [0.29, 0.717) is 30.3 Å². The number of hydrogen-bond donors (Lipinski definition) is 1. The Morgan fingerprint density at radius 2 is 1.89 bits per heavy atom. The molecule has 0 fully saturated rings. The second kappa shape index (κ2) is 9.37. The zero-order valence-corrected chi connectivity index (χ0v) is 16.4. The van der Waals surface area contributed by atoms with Gasteiger partial charge in [-0.25, -0.2) is 5.01 Å². The molecule has 0 unspecified atom stereocenters. The molecule has 2 aromatic rings. The lowest BCUT2D eigenvalue weighted by Crippen LogP contribution is -2.31. The monoisotopic (exact) mass is 399 g/mol. The lowest BCUT2D eigenvalue weighted by molar-refractivity contribution is -0.122. The highest BCUT2D eigenvalue weighted by atomic mass is 35.5. The van der Waals surface area contributed by atoms with Crippen LogP contribution < -0.4 is 15.1 Å². The fraction of sp³-hybridized carbons (Fsp3) is 0.286. The van der Waals surface area contributed by atoms with Crippen LogP contribution in [-0.4, -0.2) is 30.7 Å². The second-order valence-electron chi connectivity index (χ2n) is 6.45. The van der Waals surface area contributed by atoms with Gasteiger partial charge >= 0.3 is 0 Å². The number of anilines is 1. The van der Waals surface area contributed by atoms with E-state index < -0.39 is 0 Å². The van der Waals surface area contributed by atoms with Crippen LogP contribution in [0, 0.1) is 5.92 Å². The molecule has 0 saturated carbocycles. The van der Waals surface area contributed by atoms with Gasteiger partial charge in [-0.1, -0.05) is 41.9 Å². The number of halogens is 1. The van der Waals surface area contributed by atoms with Gasteiger partial charge in [-0.15, -0.1) is 0 Å². The Balaban J connectivity index is 1.41. The number of ether oxygens (including phenoxy) is 1. The average molecular weight is 400 g/mol.